The molecule has 1 aliphatic heterocycles. The van der Waals surface area contributed by atoms with Gasteiger partial charge in [0.05, 0.1) is 17.7 Å². The maximum Gasteiger partial charge on any atom is 0.271 e. The fraction of sp³-hybridized carbons (Fsp3) is 0.250. The standard InChI is InChI=1S/C16H16N2O5S/c1-11-3-6-15(23-2)16(9-11)24(21,22)17-8-7-12-4-5-13(18(19)20)10-14(12)17/h3-6,9-10H,7-8H2,1-2H3. The molecule has 0 saturated heterocycles. The fourth-order valence-corrected chi connectivity index (χ4v) is 4.54. The SMILES string of the molecule is COc1ccc(C)cc1S(=O)(=O)N1CCc2ccc([N+](=O)[O-])cc21. The van der Waals surface area contributed by atoms with Crippen LogP contribution in [0.15, 0.2) is 41.3 Å². The second-order valence-electron chi connectivity index (χ2n) is 5.55. The van der Waals surface area contributed by atoms with Crippen LogP contribution < -0.4 is 9.04 Å². The molecular formula is C16H16N2O5S. The van der Waals surface area contributed by atoms with Crippen molar-refractivity contribution in [1.29, 1.82) is 0 Å². The van der Waals surface area contributed by atoms with Crippen molar-refractivity contribution in [2.75, 3.05) is 18.0 Å². The van der Waals surface area contributed by atoms with Gasteiger partial charge in [-0.3, -0.25) is 14.4 Å². The molecule has 126 valence electrons. The number of non-ortho nitro benzene ring substituents is 1. The van der Waals surface area contributed by atoms with Crippen LogP contribution in [0.1, 0.15) is 11.1 Å². The highest BCUT2D eigenvalue weighted by Crippen LogP contribution is 2.37. The first-order valence-corrected chi connectivity index (χ1v) is 8.73. The molecule has 0 aliphatic carbocycles. The molecule has 0 N–H and O–H groups in total. The molecule has 1 heterocycles. The van der Waals surface area contributed by atoms with Gasteiger partial charge in [-0.25, -0.2) is 8.42 Å². The van der Waals surface area contributed by atoms with Gasteiger partial charge in [-0.05, 0) is 36.6 Å². The first-order valence-electron chi connectivity index (χ1n) is 7.29. The van der Waals surface area contributed by atoms with Crippen LogP contribution in [0.25, 0.3) is 0 Å². The number of hydrogen-bond acceptors (Lipinski definition) is 5. The van der Waals surface area contributed by atoms with Gasteiger partial charge in [0, 0.05) is 18.7 Å². The lowest BCUT2D eigenvalue weighted by molar-refractivity contribution is -0.384. The Kier molecular flexibility index (Phi) is 3.92. The molecule has 7 nitrogen and oxygen atoms in total. The minimum absolute atomic E-state index is 0.0596. The second kappa shape index (κ2) is 5.79. The highest BCUT2D eigenvalue weighted by atomic mass is 32.2. The highest BCUT2D eigenvalue weighted by molar-refractivity contribution is 7.93. The van der Waals surface area contributed by atoms with Crippen LogP contribution in [-0.2, 0) is 16.4 Å². The van der Waals surface area contributed by atoms with E-state index < -0.39 is 14.9 Å². The third kappa shape index (κ3) is 2.58. The van der Waals surface area contributed by atoms with Crippen LogP contribution in [0.3, 0.4) is 0 Å². The smallest absolute Gasteiger partial charge is 0.271 e. The van der Waals surface area contributed by atoms with Crippen molar-refractivity contribution in [1.82, 2.24) is 0 Å². The molecule has 0 saturated carbocycles. The van der Waals surface area contributed by atoms with E-state index in [1.807, 2.05) is 0 Å². The van der Waals surface area contributed by atoms with Crippen molar-refractivity contribution in [2.24, 2.45) is 0 Å². The molecule has 0 aromatic heterocycles. The number of nitrogens with zero attached hydrogens (tertiary/aromatic N) is 2. The number of anilines is 1. The van der Waals surface area contributed by atoms with E-state index >= 15 is 0 Å². The maximum absolute atomic E-state index is 13.1. The van der Waals surface area contributed by atoms with Gasteiger partial charge in [-0.2, -0.15) is 0 Å². The topological polar surface area (TPSA) is 89.8 Å². The summed E-state index contributed by atoms with van der Waals surface area (Å²) in [5.41, 5.74) is 1.78. The molecule has 0 radical (unpaired) electrons. The lowest BCUT2D eigenvalue weighted by atomic mass is 10.1. The first-order chi connectivity index (χ1) is 11.3. The molecule has 3 rings (SSSR count). The molecule has 8 heteroatoms. The molecule has 2 aromatic carbocycles. The summed E-state index contributed by atoms with van der Waals surface area (Å²) in [5.74, 6) is 0.250. The van der Waals surface area contributed by atoms with Crippen molar-refractivity contribution in [3.05, 3.63) is 57.6 Å². The summed E-state index contributed by atoms with van der Waals surface area (Å²) >= 11 is 0. The molecule has 0 unspecified atom stereocenters. The normalized spacial score (nSPS) is 13.7. The van der Waals surface area contributed by atoms with Gasteiger partial charge < -0.3 is 4.74 Å². The fourth-order valence-electron chi connectivity index (χ4n) is 2.81. The van der Waals surface area contributed by atoms with Gasteiger partial charge in [0.1, 0.15) is 10.6 Å². The molecule has 1 aliphatic rings. The largest absolute Gasteiger partial charge is 0.495 e. The van der Waals surface area contributed by atoms with Crippen molar-refractivity contribution >= 4 is 21.4 Å². The minimum Gasteiger partial charge on any atom is -0.495 e. The Morgan fingerprint density at radius 3 is 2.62 bits per heavy atom. The van der Waals surface area contributed by atoms with Crippen molar-refractivity contribution in [2.45, 2.75) is 18.2 Å². The van der Waals surface area contributed by atoms with Crippen LogP contribution in [0.2, 0.25) is 0 Å². The Labute approximate surface area is 139 Å². The quantitative estimate of drug-likeness (QED) is 0.626. The predicted molar refractivity (Wildman–Crippen MR) is 89.1 cm³/mol. The average Bonchev–Trinajstić information content (AvgIpc) is 2.98. The van der Waals surface area contributed by atoms with E-state index in [1.54, 1.807) is 31.2 Å². The molecule has 24 heavy (non-hydrogen) atoms. The van der Waals surface area contributed by atoms with E-state index in [0.29, 0.717) is 12.1 Å². The molecule has 0 spiro atoms. The number of rotatable bonds is 4. The molecule has 0 fully saturated rings. The number of benzene rings is 2. The number of aryl methyl sites for hydroxylation is 1. The van der Waals surface area contributed by atoms with E-state index in [4.69, 9.17) is 4.74 Å². The van der Waals surface area contributed by atoms with Crippen LogP contribution in [0.5, 0.6) is 5.75 Å². The third-order valence-electron chi connectivity index (χ3n) is 4.02. The van der Waals surface area contributed by atoms with E-state index in [1.165, 1.54) is 23.5 Å². The molecule has 0 bridgehead atoms. The summed E-state index contributed by atoms with van der Waals surface area (Å²) in [6, 6.07) is 9.22. The summed E-state index contributed by atoms with van der Waals surface area (Å²) in [7, 11) is -2.46. The Bertz CT molecular complexity index is 924. The summed E-state index contributed by atoms with van der Waals surface area (Å²) in [6.45, 7) is 2.04. The number of hydrogen-bond donors (Lipinski definition) is 0. The number of nitro groups is 1. The number of nitro benzene ring substituents is 1. The van der Waals surface area contributed by atoms with Crippen molar-refractivity contribution in [3.8, 4) is 5.75 Å². The van der Waals surface area contributed by atoms with Gasteiger partial charge in [0.2, 0.25) is 0 Å². The predicted octanol–water partition coefficient (Wildman–Crippen LogP) is 2.66. The Morgan fingerprint density at radius 1 is 1.21 bits per heavy atom. The third-order valence-corrected chi connectivity index (χ3v) is 5.85. The van der Waals surface area contributed by atoms with E-state index in [2.05, 4.69) is 0 Å². The van der Waals surface area contributed by atoms with Gasteiger partial charge in [-0.15, -0.1) is 0 Å². The van der Waals surface area contributed by atoms with Crippen LogP contribution in [0, 0.1) is 17.0 Å². The van der Waals surface area contributed by atoms with Crippen molar-refractivity contribution < 1.29 is 18.1 Å². The summed E-state index contributed by atoms with van der Waals surface area (Å²) < 4.78 is 32.6. The van der Waals surface area contributed by atoms with Gasteiger partial charge in [0.15, 0.2) is 0 Å². The zero-order valence-electron chi connectivity index (χ0n) is 13.2. The second-order valence-corrected chi connectivity index (χ2v) is 7.38. The molecule has 0 atom stereocenters. The lowest BCUT2D eigenvalue weighted by Crippen LogP contribution is -2.29. The molecule has 0 amide bonds. The minimum atomic E-state index is -3.87. The van der Waals surface area contributed by atoms with Gasteiger partial charge >= 0.3 is 0 Å². The van der Waals surface area contributed by atoms with Crippen molar-refractivity contribution in [3.63, 3.8) is 0 Å². The molecule has 2 aromatic rings. The summed E-state index contributed by atoms with van der Waals surface area (Å²) in [5, 5.41) is 11.0. The maximum atomic E-state index is 13.1. The van der Waals surface area contributed by atoms with Crippen LogP contribution in [0.4, 0.5) is 11.4 Å². The van der Waals surface area contributed by atoms with Gasteiger partial charge in [0.25, 0.3) is 15.7 Å². The number of sulfonamides is 1. The average molecular weight is 348 g/mol. The molecular weight excluding hydrogens is 332 g/mol. The van der Waals surface area contributed by atoms with Crippen LogP contribution >= 0.6 is 0 Å². The van der Waals surface area contributed by atoms with E-state index in [-0.39, 0.29) is 22.9 Å². The number of ether oxygens (including phenoxy) is 1. The number of methoxy groups -OCH3 is 1. The van der Waals surface area contributed by atoms with E-state index in [9.17, 15) is 18.5 Å². The summed E-state index contributed by atoms with van der Waals surface area (Å²) in [4.78, 5) is 10.5. The zero-order chi connectivity index (χ0) is 17.5. The summed E-state index contributed by atoms with van der Waals surface area (Å²) in [6.07, 6.45) is 0.515. The van der Waals surface area contributed by atoms with E-state index in [0.717, 1.165) is 11.1 Å². The highest BCUT2D eigenvalue weighted by Gasteiger charge is 2.34. The Balaban J connectivity index is 2.13. The van der Waals surface area contributed by atoms with Crippen LogP contribution in [-0.4, -0.2) is 27.0 Å². The monoisotopic (exact) mass is 348 g/mol. The number of fused-ring (bicyclic) bond motifs is 1. The Morgan fingerprint density at radius 2 is 1.96 bits per heavy atom. The zero-order valence-corrected chi connectivity index (χ0v) is 14.0. The Hall–Kier alpha value is -2.61. The lowest BCUT2D eigenvalue weighted by Gasteiger charge is -2.21. The van der Waals surface area contributed by atoms with Gasteiger partial charge in [-0.1, -0.05) is 12.1 Å². The first kappa shape index (κ1) is 16.3.